The fourth-order valence-corrected chi connectivity index (χ4v) is 4.72. The van der Waals surface area contributed by atoms with E-state index in [0.29, 0.717) is 27.9 Å². The molecule has 1 fully saturated rings. The number of carbonyl (C=O) groups excluding carboxylic acids is 1. The molecule has 3 heterocycles. The summed E-state index contributed by atoms with van der Waals surface area (Å²) in [5.41, 5.74) is 2.94. The van der Waals surface area contributed by atoms with E-state index in [1.54, 1.807) is 30.5 Å². The van der Waals surface area contributed by atoms with Gasteiger partial charge in [-0.2, -0.15) is 0 Å². The Kier molecular flexibility index (Phi) is 7.11. The van der Waals surface area contributed by atoms with Gasteiger partial charge in [-0.1, -0.05) is 6.07 Å². The molecule has 192 valence electrons. The summed E-state index contributed by atoms with van der Waals surface area (Å²) in [6.07, 6.45) is 1.72. The third-order valence-corrected chi connectivity index (χ3v) is 6.40. The third-order valence-electron chi connectivity index (χ3n) is 6.08. The number of amides is 1. The highest BCUT2D eigenvalue weighted by Gasteiger charge is 2.42. The fraction of sp³-hybridized carbons (Fsp3) is 0.148. The van der Waals surface area contributed by atoms with Crippen LogP contribution in [0, 0.1) is 10.1 Å². The number of non-ortho nitro benzene ring substituents is 1. The van der Waals surface area contributed by atoms with Crippen LogP contribution in [0.15, 0.2) is 89.5 Å². The number of methoxy groups -OCH3 is 1. The van der Waals surface area contributed by atoms with Crippen molar-refractivity contribution in [1.29, 1.82) is 0 Å². The number of anilines is 2. The van der Waals surface area contributed by atoms with Gasteiger partial charge in [0.05, 0.1) is 16.7 Å². The molecule has 4 aromatic rings. The summed E-state index contributed by atoms with van der Waals surface area (Å²) in [6.45, 7) is -0.0364. The van der Waals surface area contributed by atoms with Gasteiger partial charge in [0, 0.05) is 42.4 Å². The fourth-order valence-electron chi connectivity index (χ4n) is 4.37. The van der Waals surface area contributed by atoms with Gasteiger partial charge in [0.2, 0.25) is 5.91 Å². The number of ether oxygens (including phenoxy) is 1. The number of aromatic nitrogens is 1. The highest BCUT2D eigenvalue weighted by Crippen LogP contribution is 2.43. The summed E-state index contributed by atoms with van der Waals surface area (Å²) in [5.74, 6) is 0.962. The van der Waals surface area contributed by atoms with Crippen LogP contribution in [-0.2, 0) is 9.53 Å². The Morgan fingerprint density at radius 2 is 1.89 bits per heavy atom. The van der Waals surface area contributed by atoms with Crippen molar-refractivity contribution in [3.05, 3.63) is 107 Å². The second kappa shape index (κ2) is 10.8. The minimum atomic E-state index is -0.438. The second-order valence-electron chi connectivity index (χ2n) is 8.53. The van der Waals surface area contributed by atoms with Gasteiger partial charge >= 0.3 is 0 Å². The SMILES string of the molecule is COCC(=O)Nc1ccc(N2C(=S)N[C@H](c3ccccn3)[C@@H]2c2ccc(-c3ccc([N+](=O)[O-])cc3)o2)cc1. The molecule has 5 rings (SSSR count). The quantitative estimate of drug-likeness (QED) is 0.184. The molecule has 2 atom stereocenters. The number of hydrogen-bond donors (Lipinski definition) is 2. The number of nitrogens with zero attached hydrogens (tertiary/aromatic N) is 3. The van der Waals surface area contributed by atoms with Crippen LogP contribution < -0.4 is 15.5 Å². The number of rotatable bonds is 8. The normalized spacial score (nSPS) is 16.8. The van der Waals surface area contributed by atoms with Gasteiger partial charge in [0.1, 0.15) is 24.2 Å². The first-order valence-corrected chi connectivity index (χ1v) is 12.1. The number of benzene rings is 2. The largest absolute Gasteiger partial charge is 0.459 e. The predicted octanol–water partition coefficient (Wildman–Crippen LogP) is 5.01. The van der Waals surface area contributed by atoms with Gasteiger partial charge in [-0.3, -0.25) is 19.9 Å². The van der Waals surface area contributed by atoms with E-state index < -0.39 is 4.92 Å². The number of thiocarbonyl (C=S) groups is 1. The zero-order chi connectivity index (χ0) is 26.6. The lowest BCUT2D eigenvalue weighted by Crippen LogP contribution is -2.29. The molecule has 1 aliphatic heterocycles. The van der Waals surface area contributed by atoms with Crippen molar-refractivity contribution in [2.75, 3.05) is 23.9 Å². The Morgan fingerprint density at radius 1 is 1.13 bits per heavy atom. The van der Waals surface area contributed by atoms with Gasteiger partial charge in [-0.25, -0.2) is 0 Å². The Morgan fingerprint density at radius 3 is 2.55 bits per heavy atom. The molecule has 2 aromatic carbocycles. The van der Waals surface area contributed by atoms with Gasteiger partial charge in [-0.15, -0.1) is 0 Å². The number of pyridine rings is 1. The lowest BCUT2D eigenvalue weighted by molar-refractivity contribution is -0.384. The van der Waals surface area contributed by atoms with Crippen LogP contribution in [-0.4, -0.2) is 34.6 Å². The zero-order valence-electron chi connectivity index (χ0n) is 20.2. The molecule has 2 aromatic heterocycles. The second-order valence-corrected chi connectivity index (χ2v) is 8.92. The lowest BCUT2D eigenvalue weighted by Gasteiger charge is -2.26. The molecule has 2 N–H and O–H groups in total. The molecule has 0 radical (unpaired) electrons. The molecule has 0 aliphatic carbocycles. The number of carbonyl (C=O) groups is 1. The minimum absolute atomic E-state index is 0.00844. The molecule has 0 spiro atoms. The molecule has 1 aliphatic rings. The van der Waals surface area contributed by atoms with E-state index in [0.717, 1.165) is 11.4 Å². The van der Waals surface area contributed by atoms with Crippen molar-refractivity contribution in [1.82, 2.24) is 10.3 Å². The van der Waals surface area contributed by atoms with Crippen LogP contribution in [0.3, 0.4) is 0 Å². The van der Waals surface area contributed by atoms with Crippen LogP contribution in [0.25, 0.3) is 11.3 Å². The van der Waals surface area contributed by atoms with Gasteiger partial charge in [0.25, 0.3) is 5.69 Å². The highest BCUT2D eigenvalue weighted by molar-refractivity contribution is 7.80. The Hall–Kier alpha value is -4.61. The van der Waals surface area contributed by atoms with Crippen molar-refractivity contribution >= 4 is 40.3 Å². The molecule has 10 nitrogen and oxygen atoms in total. The van der Waals surface area contributed by atoms with Crippen LogP contribution in [0.2, 0.25) is 0 Å². The van der Waals surface area contributed by atoms with Crippen molar-refractivity contribution in [2.24, 2.45) is 0 Å². The van der Waals surface area contributed by atoms with Crippen molar-refractivity contribution in [2.45, 2.75) is 12.1 Å². The Bertz CT molecular complexity index is 1460. The summed E-state index contributed by atoms with van der Waals surface area (Å²) in [6, 6.07) is 22.2. The maximum Gasteiger partial charge on any atom is 0.269 e. The number of nitro groups is 1. The minimum Gasteiger partial charge on any atom is -0.459 e. The van der Waals surface area contributed by atoms with E-state index in [4.69, 9.17) is 21.4 Å². The topological polar surface area (TPSA) is 123 Å². The van der Waals surface area contributed by atoms with E-state index in [1.165, 1.54) is 19.2 Å². The van der Waals surface area contributed by atoms with Gasteiger partial charge in [0.15, 0.2) is 5.11 Å². The van der Waals surface area contributed by atoms with E-state index in [2.05, 4.69) is 15.6 Å². The molecule has 0 saturated carbocycles. The van der Waals surface area contributed by atoms with E-state index in [-0.39, 0.29) is 30.3 Å². The third kappa shape index (κ3) is 5.10. The predicted molar refractivity (Wildman–Crippen MR) is 146 cm³/mol. The monoisotopic (exact) mass is 529 g/mol. The molecule has 11 heteroatoms. The standard InChI is InChI=1S/C27H23N5O5S/c1-36-16-24(33)29-18-7-11-19(12-8-18)31-26(25(30-27(31)38)21-4-2-3-15-28-21)23-14-13-22(37-23)17-5-9-20(10-6-17)32(34)35/h2-15,25-26H,16H2,1H3,(H,29,33)(H,30,38)/t25-,26+/m1/s1. The molecular weight excluding hydrogens is 506 g/mol. The first-order valence-electron chi connectivity index (χ1n) is 11.7. The van der Waals surface area contributed by atoms with Crippen LogP contribution in [0.1, 0.15) is 23.5 Å². The van der Waals surface area contributed by atoms with E-state index in [9.17, 15) is 14.9 Å². The molecule has 1 amide bonds. The lowest BCUT2D eigenvalue weighted by atomic mass is 10.0. The van der Waals surface area contributed by atoms with E-state index in [1.807, 2.05) is 47.4 Å². The number of nitrogens with one attached hydrogen (secondary N) is 2. The first-order chi connectivity index (χ1) is 18.4. The average Bonchev–Trinajstić information content (AvgIpc) is 3.54. The first kappa shape index (κ1) is 25.1. The average molecular weight is 530 g/mol. The van der Waals surface area contributed by atoms with Crippen molar-refractivity contribution < 1.29 is 18.9 Å². The number of furan rings is 1. The van der Waals surface area contributed by atoms with E-state index >= 15 is 0 Å². The Labute approximate surface area is 223 Å². The number of hydrogen-bond acceptors (Lipinski definition) is 7. The maximum atomic E-state index is 11.9. The van der Waals surface area contributed by atoms with Crippen molar-refractivity contribution in [3.63, 3.8) is 0 Å². The van der Waals surface area contributed by atoms with Crippen LogP contribution in [0.5, 0.6) is 0 Å². The van der Waals surface area contributed by atoms with Crippen LogP contribution in [0.4, 0.5) is 17.1 Å². The summed E-state index contributed by atoms with van der Waals surface area (Å²) in [7, 11) is 1.46. The molecular formula is C27H23N5O5S. The van der Waals surface area contributed by atoms with Crippen LogP contribution >= 0.6 is 12.2 Å². The smallest absolute Gasteiger partial charge is 0.269 e. The molecule has 0 unspecified atom stereocenters. The Balaban J connectivity index is 1.49. The zero-order valence-corrected chi connectivity index (χ0v) is 21.1. The molecule has 38 heavy (non-hydrogen) atoms. The number of nitro benzene ring substituents is 1. The highest BCUT2D eigenvalue weighted by atomic mass is 32.1. The molecule has 1 saturated heterocycles. The summed E-state index contributed by atoms with van der Waals surface area (Å²) < 4.78 is 11.2. The van der Waals surface area contributed by atoms with Gasteiger partial charge in [-0.05, 0) is 72.9 Å². The maximum absolute atomic E-state index is 11.9. The molecule has 0 bridgehead atoms. The summed E-state index contributed by atoms with van der Waals surface area (Å²) in [5, 5.41) is 17.7. The summed E-state index contributed by atoms with van der Waals surface area (Å²) >= 11 is 5.75. The van der Waals surface area contributed by atoms with Gasteiger partial charge < -0.3 is 24.7 Å². The van der Waals surface area contributed by atoms with Crippen molar-refractivity contribution in [3.8, 4) is 11.3 Å². The summed E-state index contributed by atoms with van der Waals surface area (Å²) in [4.78, 5) is 29.0.